The van der Waals surface area contributed by atoms with E-state index in [0.717, 1.165) is 19.3 Å². The number of hydrogen-bond acceptors (Lipinski definition) is 6. The van der Waals surface area contributed by atoms with Crippen molar-refractivity contribution in [1.29, 1.82) is 0 Å². The highest BCUT2D eigenvalue weighted by Crippen LogP contribution is 2.31. The lowest BCUT2D eigenvalue weighted by Crippen LogP contribution is -2.28. The summed E-state index contributed by atoms with van der Waals surface area (Å²) in [6.07, 6.45) is 18.7. The van der Waals surface area contributed by atoms with Crippen molar-refractivity contribution in [1.82, 2.24) is 0 Å². The summed E-state index contributed by atoms with van der Waals surface area (Å²) in [5.41, 5.74) is 0. The molecule has 2 unspecified atom stereocenters. The Labute approximate surface area is 189 Å². The molecule has 0 spiro atoms. The van der Waals surface area contributed by atoms with Gasteiger partial charge in [-0.05, 0) is 6.42 Å². The van der Waals surface area contributed by atoms with Crippen LogP contribution in [-0.4, -0.2) is 37.3 Å². The molecule has 0 heterocycles. The first kappa shape index (κ1) is 30.0. The van der Waals surface area contributed by atoms with Crippen LogP contribution in [0.25, 0.3) is 0 Å². The summed E-state index contributed by atoms with van der Waals surface area (Å²) in [6, 6.07) is 0. The van der Waals surface area contributed by atoms with Crippen molar-refractivity contribution in [2.75, 3.05) is 20.3 Å². The summed E-state index contributed by atoms with van der Waals surface area (Å²) in [6.45, 7) is -1.89. The van der Waals surface area contributed by atoms with E-state index in [0.29, 0.717) is 6.42 Å². The predicted molar refractivity (Wildman–Crippen MR) is 124 cm³/mol. The Balaban J connectivity index is 3.49. The summed E-state index contributed by atoms with van der Waals surface area (Å²) < 4.78 is 14.8. The van der Waals surface area contributed by atoms with E-state index in [9.17, 15) is 9.69 Å². The molecule has 180 valence electrons. The molecular weight excluding hydrogens is 423 g/mol. The molecule has 0 rings (SSSR count). The number of carbonyl (C=O) groups is 1. The molecule has 0 aliphatic carbocycles. The van der Waals surface area contributed by atoms with Crippen LogP contribution in [0.1, 0.15) is 110 Å². The molecule has 0 aliphatic heterocycles. The lowest BCUT2D eigenvalue weighted by molar-refractivity contribution is -0.205. The third-order valence-corrected chi connectivity index (χ3v) is 5.85. The molecule has 0 saturated carbocycles. The minimum Gasteiger partial charge on any atom is -0.780 e. The van der Waals surface area contributed by atoms with Gasteiger partial charge in [0.2, 0.25) is 0 Å². The predicted octanol–water partition coefficient (Wildman–Crippen LogP) is 5.40. The van der Waals surface area contributed by atoms with Crippen LogP contribution in [0.2, 0.25) is 0 Å². The molecule has 0 fully saturated rings. The molecule has 30 heavy (non-hydrogen) atoms. The summed E-state index contributed by atoms with van der Waals surface area (Å²) in [7, 11) is 1.46. The van der Waals surface area contributed by atoms with Crippen LogP contribution in [-0.2, 0) is 30.6 Å². The number of rotatable bonds is 22. The van der Waals surface area contributed by atoms with Crippen molar-refractivity contribution in [3.63, 3.8) is 0 Å². The molecular formula is C22H44O6PS-. The highest BCUT2D eigenvalue weighted by atomic mass is 32.5. The minimum atomic E-state index is -4.00. The Bertz CT molecular complexity index is 443. The Morgan fingerprint density at radius 3 is 1.70 bits per heavy atom. The third kappa shape index (κ3) is 22.6. The Morgan fingerprint density at radius 2 is 1.30 bits per heavy atom. The second-order valence-electron chi connectivity index (χ2n) is 8.03. The van der Waals surface area contributed by atoms with E-state index in [-0.39, 0.29) is 19.2 Å². The van der Waals surface area contributed by atoms with E-state index in [4.69, 9.17) is 14.4 Å². The van der Waals surface area contributed by atoms with Crippen LogP contribution >= 0.6 is 6.72 Å². The summed E-state index contributed by atoms with van der Waals surface area (Å²) in [5.74, 6) is -0.340. The Kier molecular flexibility index (Phi) is 20.8. The van der Waals surface area contributed by atoms with Crippen molar-refractivity contribution in [3.8, 4) is 0 Å². The highest BCUT2D eigenvalue weighted by Gasteiger charge is 2.16. The molecule has 0 aromatic heterocycles. The molecule has 0 bridgehead atoms. The summed E-state index contributed by atoms with van der Waals surface area (Å²) in [5, 5.41) is 0. The monoisotopic (exact) mass is 467 g/mol. The smallest absolute Gasteiger partial charge is 0.306 e. The molecule has 0 amide bonds. The zero-order chi connectivity index (χ0) is 22.5. The first-order valence-corrected chi connectivity index (χ1v) is 14.3. The van der Waals surface area contributed by atoms with Crippen molar-refractivity contribution < 1.29 is 28.6 Å². The fourth-order valence-corrected chi connectivity index (χ4v) is 3.90. The molecule has 6 nitrogen and oxygen atoms in total. The van der Waals surface area contributed by atoms with Gasteiger partial charge in [0.05, 0.1) is 13.2 Å². The van der Waals surface area contributed by atoms with E-state index < -0.39 is 12.8 Å². The van der Waals surface area contributed by atoms with Gasteiger partial charge in [-0.25, -0.2) is 0 Å². The molecule has 1 N–H and O–H groups in total. The second kappa shape index (κ2) is 20.8. The average Bonchev–Trinajstić information content (AvgIpc) is 2.68. The lowest BCUT2D eigenvalue weighted by Gasteiger charge is -2.24. The normalized spacial score (nSPS) is 14.4. The van der Waals surface area contributed by atoms with Crippen molar-refractivity contribution in [2.24, 2.45) is 0 Å². The molecule has 8 heteroatoms. The largest absolute Gasteiger partial charge is 0.780 e. The van der Waals surface area contributed by atoms with Gasteiger partial charge in [-0.15, -0.1) is 0 Å². The van der Waals surface area contributed by atoms with Gasteiger partial charge in [0.15, 0.2) is 0 Å². The van der Waals surface area contributed by atoms with Gasteiger partial charge in [0.25, 0.3) is 0 Å². The van der Waals surface area contributed by atoms with E-state index in [1.165, 1.54) is 84.2 Å². The number of carbonyl (C=O) groups excluding carboxylic acids is 1. The van der Waals surface area contributed by atoms with Gasteiger partial charge in [-0.2, -0.15) is 0 Å². The quantitative estimate of drug-likeness (QED) is 0.130. The zero-order valence-electron chi connectivity index (χ0n) is 19.1. The number of hydrogen-bond donors (Lipinski definition) is 1. The molecule has 0 saturated heterocycles. The molecule has 0 radical (unpaired) electrons. The topological polar surface area (TPSA) is 88.1 Å². The van der Waals surface area contributed by atoms with Crippen LogP contribution < -0.4 is 4.89 Å². The van der Waals surface area contributed by atoms with Gasteiger partial charge >= 0.3 is 5.97 Å². The lowest BCUT2D eigenvalue weighted by atomic mass is 10.0. The van der Waals surface area contributed by atoms with Crippen LogP contribution in [0.5, 0.6) is 0 Å². The molecule has 0 aromatic rings. The first-order valence-electron chi connectivity index (χ1n) is 11.8. The molecule has 0 aliphatic rings. The van der Waals surface area contributed by atoms with Crippen LogP contribution in [0.15, 0.2) is 0 Å². The second-order valence-corrected chi connectivity index (χ2v) is 10.6. The van der Waals surface area contributed by atoms with E-state index in [1.54, 1.807) is 0 Å². The Morgan fingerprint density at radius 1 is 0.867 bits per heavy atom. The van der Waals surface area contributed by atoms with E-state index >= 15 is 0 Å². The maximum atomic E-state index is 11.9. The van der Waals surface area contributed by atoms with Gasteiger partial charge in [0, 0.05) is 13.5 Å². The maximum Gasteiger partial charge on any atom is 0.306 e. The van der Waals surface area contributed by atoms with Crippen LogP contribution in [0.3, 0.4) is 0 Å². The van der Waals surface area contributed by atoms with Gasteiger partial charge < -0.3 is 23.8 Å². The van der Waals surface area contributed by atoms with Gasteiger partial charge in [-0.1, -0.05) is 109 Å². The number of ether oxygens (including phenoxy) is 2. The fraction of sp³-hybridized carbons (Fsp3) is 0.955. The SMILES string of the molecule is CCCCCCCCCCCCCCCCCC(=O)OC(COC)COP([O-])(O)=S. The van der Waals surface area contributed by atoms with Crippen molar-refractivity contribution in [3.05, 3.63) is 0 Å². The minimum absolute atomic E-state index is 0.0972. The zero-order valence-corrected chi connectivity index (χ0v) is 20.9. The standard InChI is InChI=1S/C22H45O6PS/c1-3-4-5-6-7-8-9-10-11-12-13-14-15-16-17-18-22(23)28-21(19-26-2)20-27-29(24,25)30/h21H,3-20H2,1-2H3,(H2,24,25,30)/p-1. The van der Waals surface area contributed by atoms with Crippen molar-refractivity contribution >= 4 is 24.5 Å². The maximum absolute atomic E-state index is 11.9. The average molecular weight is 468 g/mol. The van der Waals surface area contributed by atoms with Crippen molar-refractivity contribution in [2.45, 2.75) is 116 Å². The van der Waals surface area contributed by atoms with Crippen LogP contribution in [0.4, 0.5) is 0 Å². The van der Waals surface area contributed by atoms with Gasteiger partial charge in [0.1, 0.15) is 12.8 Å². The number of methoxy groups -OCH3 is 1. The number of esters is 1. The van der Waals surface area contributed by atoms with E-state index in [2.05, 4.69) is 23.3 Å². The van der Waals surface area contributed by atoms with E-state index in [1.807, 2.05) is 0 Å². The highest BCUT2D eigenvalue weighted by molar-refractivity contribution is 8.06. The molecule has 0 aromatic carbocycles. The van der Waals surface area contributed by atoms with Crippen LogP contribution in [0, 0.1) is 0 Å². The fourth-order valence-electron chi connectivity index (χ4n) is 3.36. The molecule has 2 atom stereocenters. The first-order chi connectivity index (χ1) is 14.4. The van der Waals surface area contributed by atoms with Gasteiger partial charge in [-0.3, -0.25) is 4.79 Å². The number of unbranched alkanes of at least 4 members (excludes halogenated alkanes) is 14. The third-order valence-electron chi connectivity index (χ3n) is 5.06. The Hall–Kier alpha value is -0.0400. The summed E-state index contributed by atoms with van der Waals surface area (Å²) in [4.78, 5) is 31.9. The summed E-state index contributed by atoms with van der Waals surface area (Å²) >= 11 is 4.28.